The maximum absolute atomic E-state index is 12.3. The molecule has 0 radical (unpaired) electrons. The molecule has 29 heavy (non-hydrogen) atoms. The first kappa shape index (κ1) is 18.7. The Morgan fingerprint density at radius 2 is 1.69 bits per heavy atom. The van der Waals surface area contributed by atoms with Crippen molar-refractivity contribution in [3.8, 4) is 11.5 Å². The number of fused-ring (bicyclic) bond motifs is 2. The van der Waals surface area contributed by atoms with Crippen LogP contribution in [0.4, 0.5) is 0 Å². The Morgan fingerprint density at radius 1 is 1.00 bits per heavy atom. The minimum Gasteiger partial charge on any atom is -0.486 e. The van der Waals surface area contributed by atoms with Gasteiger partial charge in [0, 0.05) is 12.6 Å². The number of benzene rings is 2. The number of carbonyl (C=O) groups is 3. The minimum absolute atomic E-state index is 0.109. The van der Waals surface area contributed by atoms with Gasteiger partial charge in [0.2, 0.25) is 0 Å². The Kier molecular flexibility index (Phi) is 5.29. The third kappa shape index (κ3) is 3.99. The molecule has 0 bridgehead atoms. The highest BCUT2D eigenvalue weighted by Gasteiger charge is 2.34. The van der Waals surface area contributed by atoms with Gasteiger partial charge in [0.15, 0.2) is 11.5 Å². The molecule has 0 N–H and O–H groups in total. The van der Waals surface area contributed by atoms with E-state index in [1.807, 2.05) is 6.07 Å². The lowest BCUT2D eigenvalue weighted by atomic mass is 10.1. The maximum Gasteiger partial charge on any atom is 0.330 e. The summed E-state index contributed by atoms with van der Waals surface area (Å²) in [4.78, 5) is 37.6. The Labute approximate surface area is 167 Å². The van der Waals surface area contributed by atoms with Gasteiger partial charge in [0.25, 0.3) is 11.8 Å². The molecule has 7 heteroatoms. The largest absolute Gasteiger partial charge is 0.486 e. The molecule has 0 atom stereocenters. The first-order valence-corrected chi connectivity index (χ1v) is 9.33. The van der Waals surface area contributed by atoms with Crippen LogP contribution in [-0.2, 0) is 9.53 Å². The van der Waals surface area contributed by atoms with Crippen LogP contribution in [0.15, 0.2) is 48.5 Å². The molecule has 2 aliphatic heterocycles. The molecule has 4 rings (SSSR count). The molecule has 0 aliphatic carbocycles. The normalized spacial score (nSPS) is 15.0. The van der Waals surface area contributed by atoms with Crippen molar-refractivity contribution in [2.75, 3.05) is 26.4 Å². The molecule has 0 fully saturated rings. The summed E-state index contributed by atoms with van der Waals surface area (Å²) in [5.74, 6) is 0.213. The summed E-state index contributed by atoms with van der Waals surface area (Å²) in [5, 5.41) is 0. The van der Waals surface area contributed by atoms with Gasteiger partial charge in [-0.2, -0.15) is 0 Å². The minimum atomic E-state index is -0.498. The number of imide groups is 1. The van der Waals surface area contributed by atoms with E-state index in [-0.39, 0.29) is 25.0 Å². The number of ether oxygens (including phenoxy) is 3. The predicted octanol–water partition coefficient (Wildman–Crippen LogP) is 2.70. The van der Waals surface area contributed by atoms with E-state index in [0.29, 0.717) is 42.3 Å². The van der Waals surface area contributed by atoms with E-state index >= 15 is 0 Å². The second kappa shape index (κ2) is 8.18. The van der Waals surface area contributed by atoms with Crippen molar-refractivity contribution >= 4 is 23.9 Å². The second-order valence-electron chi connectivity index (χ2n) is 6.57. The number of carbonyl (C=O) groups excluding carboxylic acids is 3. The first-order valence-electron chi connectivity index (χ1n) is 9.33. The summed E-state index contributed by atoms with van der Waals surface area (Å²) in [7, 11) is 0. The Bertz CT molecular complexity index is 962. The van der Waals surface area contributed by atoms with Gasteiger partial charge in [-0.25, -0.2) is 4.79 Å². The monoisotopic (exact) mass is 393 g/mol. The average molecular weight is 393 g/mol. The Balaban J connectivity index is 1.24. The van der Waals surface area contributed by atoms with Crippen molar-refractivity contribution in [1.29, 1.82) is 0 Å². The van der Waals surface area contributed by atoms with E-state index in [9.17, 15) is 14.4 Å². The summed E-state index contributed by atoms with van der Waals surface area (Å²) in [5.41, 5.74) is 1.62. The zero-order valence-corrected chi connectivity index (χ0v) is 15.6. The molecule has 0 saturated carbocycles. The van der Waals surface area contributed by atoms with Gasteiger partial charge in [-0.3, -0.25) is 14.5 Å². The SMILES string of the molecule is O=C(/C=C/c1ccc2c(c1)OCCO2)OCCCN1C(=O)c2ccccc2C1=O. The van der Waals surface area contributed by atoms with Crippen LogP contribution >= 0.6 is 0 Å². The molecule has 2 amide bonds. The highest BCUT2D eigenvalue weighted by Crippen LogP contribution is 2.31. The van der Waals surface area contributed by atoms with Crippen LogP contribution in [0.1, 0.15) is 32.7 Å². The van der Waals surface area contributed by atoms with Crippen molar-refractivity contribution in [2.24, 2.45) is 0 Å². The van der Waals surface area contributed by atoms with Crippen molar-refractivity contribution < 1.29 is 28.6 Å². The Morgan fingerprint density at radius 3 is 2.41 bits per heavy atom. The molecule has 2 aromatic carbocycles. The topological polar surface area (TPSA) is 82.1 Å². The fourth-order valence-electron chi connectivity index (χ4n) is 3.21. The molecule has 7 nitrogen and oxygen atoms in total. The van der Waals surface area contributed by atoms with Gasteiger partial charge < -0.3 is 14.2 Å². The fraction of sp³-hybridized carbons (Fsp3) is 0.227. The van der Waals surface area contributed by atoms with Crippen molar-refractivity contribution in [1.82, 2.24) is 4.90 Å². The van der Waals surface area contributed by atoms with E-state index in [1.54, 1.807) is 42.5 Å². The molecular weight excluding hydrogens is 374 g/mol. The van der Waals surface area contributed by atoms with Crippen LogP contribution < -0.4 is 9.47 Å². The highest BCUT2D eigenvalue weighted by molar-refractivity contribution is 6.21. The summed E-state index contributed by atoms with van der Waals surface area (Å²) in [6.45, 7) is 1.33. The molecule has 0 aromatic heterocycles. The summed E-state index contributed by atoms with van der Waals surface area (Å²) in [6, 6.07) is 12.1. The number of nitrogens with zero attached hydrogens (tertiary/aromatic N) is 1. The third-order valence-electron chi connectivity index (χ3n) is 4.63. The molecule has 148 valence electrons. The Hall–Kier alpha value is -3.61. The standard InChI is InChI=1S/C22H19NO6/c24-20(9-7-15-6-8-18-19(14-15)28-13-12-27-18)29-11-3-10-23-21(25)16-4-1-2-5-17(16)22(23)26/h1-2,4-9,14H,3,10-13H2/b9-7+. The highest BCUT2D eigenvalue weighted by atomic mass is 16.6. The molecular formula is C22H19NO6. The van der Waals surface area contributed by atoms with Crippen molar-refractivity contribution in [3.63, 3.8) is 0 Å². The van der Waals surface area contributed by atoms with E-state index in [2.05, 4.69) is 0 Å². The lowest BCUT2D eigenvalue weighted by Gasteiger charge is -2.18. The van der Waals surface area contributed by atoms with E-state index in [1.165, 1.54) is 11.0 Å². The van der Waals surface area contributed by atoms with E-state index < -0.39 is 5.97 Å². The molecule has 0 saturated heterocycles. The van der Waals surface area contributed by atoms with Gasteiger partial charge in [-0.05, 0) is 42.3 Å². The maximum atomic E-state index is 12.3. The lowest BCUT2D eigenvalue weighted by Crippen LogP contribution is -2.31. The van der Waals surface area contributed by atoms with Crippen LogP contribution in [0.3, 0.4) is 0 Å². The fourth-order valence-corrected chi connectivity index (χ4v) is 3.21. The van der Waals surface area contributed by atoms with Gasteiger partial charge >= 0.3 is 5.97 Å². The molecule has 0 unspecified atom stereocenters. The van der Waals surface area contributed by atoms with Crippen LogP contribution in [0.25, 0.3) is 6.08 Å². The van der Waals surface area contributed by atoms with Crippen LogP contribution in [0.5, 0.6) is 11.5 Å². The number of esters is 1. The van der Waals surface area contributed by atoms with Gasteiger partial charge in [0.05, 0.1) is 17.7 Å². The molecule has 2 heterocycles. The van der Waals surface area contributed by atoms with E-state index in [0.717, 1.165) is 5.56 Å². The lowest BCUT2D eigenvalue weighted by molar-refractivity contribution is -0.137. The van der Waals surface area contributed by atoms with Gasteiger partial charge in [-0.15, -0.1) is 0 Å². The zero-order valence-electron chi connectivity index (χ0n) is 15.6. The third-order valence-corrected chi connectivity index (χ3v) is 4.63. The van der Waals surface area contributed by atoms with Crippen LogP contribution in [0.2, 0.25) is 0 Å². The quantitative estimate of drug-likeness (QED) is 0.325. The number of rotatable bonds is 6. The molecule has 0 spiro atoms. The van der Waals surface area contributed by atoms with Crippen molar-refractivity contribution in [2.45, 2.75) is 6.42 Å². The second-order valence-corrected chi connectivity index (χ2v) is 6.57. The zero-order chi connectivity index (χ0) is 20.2. The number of hydrogen-bond donors (Lipinski definition) is 0. The van der Waals surface area contributed by atoms with Gasteiger partial charge in [-0.1, -0.05) is 18.2 Å². The van der Waals surface area contributed by atoms with E-state index in [4.69, 9.17) is 14.2 Å². The summed E-state index contributed by atoms with van der Waals surface area (Å²) < 4.78 is 16.1. The first-order chi connectivity index (χ1) is 14.1. The van der Waals surface area contributed by atoms with Crippen LogP contribution in [-0.4, -0.2) is 49.0 Å². The average Bonchev–Trinajstić information content (AvgIpc) is 3.00. The predicted molar refractivity (Wildman–Crippen MR) is 104 cm³/mol. The molecule has 2 aliphatic rings. The molecule has 2 aromatic rings. The van der Waals surface area contributed by atoms with Gasteiger partial charge in [0.1, 0.15) is 13.2 Å². The number of hydrogen-bond acceptors (Lipinski definition) is 6. The number of amides is 2. The van der Waals surface area contributed by atoms with Crippen molar-refractivity contribution in [3.05, 3.63) is 65.2 Å². The summed E-state index contributed by atoms with van der Waals surface area (Å²) >= 11 is 0. The van der Waals surface area contributed by atoms with Crippen LogP contribution in [0, 0.1) is 0 Å². The smallest absolute Gasteiger partial charge is 0.330 e. The summed E-state index contributed by atoms with van der Waals surface area (Å²) in [6.07, 6.45) is 3.33.